The van der Waals surface area contributed by atoms with Gasteiger partial charge in [-0.1, -0.05) is 12.8 Å². The Morgan fingerprint density at radius 1 is 1.17 bits per heavy atom. The van der Waals surface area contributed by atoms with E-state index in [2.05, 4.69) is 31.3 Å². The molecule has 158 valence electrons. The highest BCUT2D eigenvalue weighted by molar-refractivity contribution is 5.80. The van der Waals surface area contributed by atoms with Crippen molar-refractivity contribution in [2.75, 3.05) is 26.2 Å². The molecule has 2 N–H and O–H groups in total. The first kappa shape index (κ1) is 18.9. The normalized spacial score (nSPS) is 30.4. The van der Waals surface area contributed by atoms with Crippen LogP contribution < -0.4 is 10.9 Å². The molecule has 10 heteroatoms. The lowest BCUT2D eigenvalue weighted by atomic mass is 9.71. The third-order valence-electron chi connectivity index (χ3n) is 7.52. The van der Waals surface area contributed by atoms with E-state index in [1.54, 1.807) is 4.68 Å². The van der Waals surface area contributed by atoms with Crippen molar-refractivity contribution in [3.05, 3.63) is 6.33 Å². The van der Waals surface area contributed by atoms with Crippen LogP contribution in [0.4, 0.5) is 0 Å². The molecule has 0 radical (unpaired) electrons. The fraction of sp³-hybridized carbons (Fsp3) is 0.842. The molecule has 2 unspecified atom stereocenters. The Labute approximate surface area is 170 Å². The number of carbonyl (C=O) groups is 2. The second-order valence-electron chi connectivity index (χ2n) is 9.15. The molecule has 2 amide bonds. The molecule has 1 aliphatic carbocycles. The van der Waals surface area contributed by atoms with Gasteiger partial charge in [-0.3, -0.25) is 15.0 Å². The van der Waals surface area contributed by atoms with Crippen LogP contribution in [0.3, 0.4) is 0 Å². The Bertz CT molecular complexity index is 739. The predicted molar refractivity (Wildman–Crippen MR) is 103 cm³/mol. The predicted octanol–water partition coefficient (Wildman–Crippen LogP) is 0.0695. The molecule has 10 nitrogen and oxygen atoms in total. The number of piperidine rings is 2. The number of aromatic nitrogens is 4. The summed E-state index contributed by atoms with van der Waals surface area (Å²) in [7, 11) is 0. The van der Waals surface area contributed by atoms with Crippen molar-refractivity contribution < 1.29 is 9.59 Å². The molecule has 1 saturated carbocycles. The van der Waals surface area contributed by atoms with Crippen molar-refractivity contribution >= 4 is 11.8 Å². The summed E-state index contributed by atoms with van der Waals surface area (Å²) in [4.78, 5) is 29.9. The number of hydrazine groups is 1. The van der Waals surface area contributed by atoms with Crippen LogP contribution in [0.2, 0.25) is 0 Å². The van der Waals surface area contributed by atoms with E-state index in [-0.39, 0.29) is 23.4 Å². The molecule has 4 aliphatic rings. The topological polar surface area (TPSA) is 108 Å². The van der Waals surface area contributed by atoms with E-state index in [9.17, 15) is 9.59 Å². The first-order chi connectivity index (χ1) is 14.2. The lowest BCUT2D eigenvalue weighted by Crippen LogP contribution is -2.55. The van der Waals surface area contributed by atoms with E-state index in [0.29, 0.717) is 24.9 Å². The zero-order chi connectivity index (χ0) is 19.8. The number of tetrazole rings is 1. The zero-order valence-electron chi connectivity index (χ0n) is 16.8. The van der Waals surface area contributed by atoms with Gasteiger partial charge in [-0.2, -0.15) is 0 Å². The number of likely N-dealkylation sites (tertiary alicyclic amines) is 2. The fourth-order valence-corrected chi connectivity index (χ4v) is 5.69. The van der Waals surface area contributed by atoms with E-state index in [0.717, 1.165) is 51.7 Å². The molecule has 29 heavy (non-hydrogen) atoms. The number of amides is 2. The Kier molecular flexibility index (Phi) is 4.99. The van der Waals surface area contributed by atoms with Crippen molar-refractivity contribution in [1.82, 2.24) is 40.9 Å². The van der Waals surface area contributed by atoms with Crippen LogP contribution in [-0.4, -0.2) is 74.0 Å². The highest BCUT2D eigenvalue weighted by Crippen LogP contribution is 2.42. The minimum absolute atomic E-state index is 0.150. The van der Waals surface area contributed by atoms with Gasteiger partial charge in [0.15, 0.2) is 0 Å². The van der Waals surface area contributed by atoms with Gasteiger partial charge in [0.2, 0.25) is 11.8 Å². The number of rotatable bonds is 3. The molecule has 1 aromatic heterocycles. The van der Waals surface area contributed by atoms with Crippen molar-refractivity contribution in [3.8, 4) is 0 Å². The monoisotopic (exact) mass is 402 g/mol. The maximum Gasteiger partial charge on any atom is 0.230 e. The quantitative estimate of drug-likeness (QED) is 0.736. The molecule has 1 spiro atoms. The zero-order valence-corrected chi connectivity index (χ0v) is 16.8. The number of hydrogen-bond donors (Lipinski definition) is 2. The number of carbonyl (C=O) groups excluding carboxylic acids is 2. The minimum Gasteiger partial charge on any atom is -0.342 e. The van der Waals surface area contributed by atoms with Gasteiger partial charge < -0.3 is 9.80 Å². The van der Waals surface area contributed by atoms with E-state index in [1.165, 1.54) is 19.2 Å². The van der Waals surface area contributed by atoms with Crippen molar-refractivity contribution in [2.24, 2.45) is 11.3 Å². The molecular formula is C19H30N8O2. The maximum atomic E-state index is 13.2. The summed E-state index contributed by atoms with van der Waals surface area (Å²) < 4.78 is 1.60. The van der Waals surface area contributed by atoms with Gasteiger partial charge in [0.1, 0.15) is 12.5 Å². The molecule has 3 aliphatic heterocycles. The smallest absolute Gasteiger partial charge is 0.230 e. The standard InChI is InChI=1S/C19H30N8O2/c28-16-5-6-19(12-26(16)14-3-1-2-4-14)7-9-25(10-8-19)18(29)15-11-20-22-17(15)27-13-21-23-24-27/h13-15,17,20,22H,1-12H2. The van der Waals surface area contributed by atoms with Crippen molar-refractivity contribution in [1.29, 1.82) is 0 Å². The second-order valence-corrected chi connectivity index (χ2v) is 9.15. The number of nitrogens with one attached hydrogen (secondary N) is 2. The molecule has 4 heterocycles. The number of nitrogens with zero attached hydrogens (tertiary/aromatic N) is 6. The average Bonchev–Trinajstić information content (AvgIpc) is 3.51. The van der Waals surface area contributed by atoms with Crippen LogP contribution in [0.15, 0.2) is 6.33 Å². The maximum absolute atomic E-state index is 13.2. The van der Waals surface area contributed by atoms with Gasteiger partial charge in [-0.15, -0.1) is 5.10 Å². The van der Waals surface area contributed by atoms with Crippen LogP contribution in [0.25, 0.3) is 0 Å². The van der Waals surface area contributed by atoms with Crippen LogP contribution in [0.1, 0.15) is 57.5 Å². The first-order valence-electron chi connectivity index (χ1n) is 10.9. The summed E-state index contributed by atoms with van der Waals surface area (Å²) in [5, 5.41) is 11.3. The molecule has 2 atom stereocenters. The molecule has 4 fully saturated rings. The van der Waals surface area contributed by atoms with E-state index in [1.807, 2.05) is 4.90 Å². The SMILES string of the molecule is O=C(C1CNNC1n1cnnn1)N1CCC2(CCC(=O)N(C3CCCC3)C2)CC1. The Hall–Kier alpha value is -2.07. The van der Waals surface area contributed by atoms with Gasteiger partial charge in [-0.05, 0) is 47.9 Å². The highest BCUT2D eigenvalue weighted by Gasteiger charge is 2.45. The van der Waals surface area contributed by atoms with Crippen LogP contribution in [-0.2, 0) is 9.59 Å². The molecule has 1 aromatic rings. The lowest BCUT2D eigenvalue weighted by Gasteiger charge is -2.49. The molecule has 3 saturated heterocycles. The summed E-state index contributed by atoms with van der Waals surface area (Å²) in [6, 6.07) is 0.451. The lowest BCUT2D eigenvalue weighted by molar-refractivity contribution is -0.146. The molecular weight excluding hydrogens is 372 g/mol. The van der Waals surface area contributed by atoms with Gasteiger partial charge in [-0.25, -0.2) is 10.1 Å². The van der Waals surface area contributed by atoms with Crippen LogP contribution >= 0.6 is 0 Å². The van der Waals surface area contributed by atoms with Gasteiger partial charge in [0.05, 0.1) is 5.92 Å². The largest absolute Gasteiger partial charge is 0.342 e. The van der Waals surface area contributed by atoms with Crippen molar-refractivity contribution in [2.45, 2.75) is 63.6 Å². The molecule has 0 bridgehead atoms. The Morgan fingerprint density at radius 3 is 2.69 bits per heavy atom. The van der Waals surface area contributed by atoms with Crippen LogP contribution in [0.5, 0.6) is 0 Å². The van der Waals surface area contributed by atoms with E-state index in [4.69, 9.17) is 0 Å². The second kappa shape index (κ2) is 7.64. The Balaban J connectivity index is 1.22. The first-order valence-corrected chi connectivity index (χ1v) is 10.9. The average molecular weight is 403 g/mol. The van der Waals surface area contributed by atoms with Gasteiger partial charge in [0, 0.05) is 38.6 Å². The summed E-state index contributed by atoms with van der Waals surface area (Å²) in [6.45, 7) is 2.99. The minimum atomic E-state index is -0.265. The van der Waals surface area contributed by atoms with Gasteiger partial charge in [0.25, 0.3) is 0 Å². The summed E-state index contributed by atoms with van der Waals surface area (Å²) in [5.41, 5.74) is 6.37. The number of hydrogen-bond acceptors (Lipinski definition) is 7. The summed E-state index contributed by atoms with van der Waals surface area (Å²) >= 11 is 0. The van der Waals surface area contributed by atoms with Gasteiger partial charge >= 0.3 is 0 Å². The summed E-state index contributed by atoms with van der Waals surface area (Å²) in [6.07, 6.45) is 9.69. The van der Waals surface area contributed by atoms with Crippen molar-refractivity contribution in [3.63, 3.8) is 0 Å². The van der Waals surface area contributed by atoms with E-state index < -0.39 is 0 Å². The summed E-state index contributed by atoms with van der Waals surface area (Å²) in [5.74, 6) is 0.265. The van der Waals surface area contributed by atoms with Crippen LogP contribution in [0, 0.1) is 11.3 Å². The molecule has 0 aromatic carbocycles. The molecule has 5 rings (SSSR count). The Morgan fingerprint density at radius 2 is 1.97 bits per heavy atom. The third-order valence-corrected chi connectivity index (χ3v) is 7.52. The van der Waals surface area contributed by atoms with E-state index >= 15 is 0 Å². The third kappa shape index (κ3) is 3.52. The fourth-order valence-electron chi connectivity index (χ4n) is 5.69. The highest BCUT2D eigenvalue weighted by atomic mass is 16.2.